The maximum atomic E-state index is 13.3. The molecule has 0 aromatic heterocycles. The Morgan fingerprint density at radius 1 is 1.42 bits per heavy atom. The number of nitrogen functional groups attached to an aromatic ring is 1. The summed E-state index contributed by atoms with van der Waals surface area (Å²) < 4.78 is 39.2. The average molecular weight is 290 g/mol. The van der Waals surface area contributed by atoms with Gasteiger partial charge in [-0.25, -0.2) is 12.8 Å². The molecule has 0 aliphatic rings. The van der Waals surface area contributed by atoms with Gasteiger partial charge in [0.25, 0.3) is 0 Å². The summed E-state index contributed by atoms with van der Waals surface area (Å²) in [6.07, 6.45) is 0. The van der Waals surface area contributed by atoms with E-state index in [0.717, 1.165) is 16.4 Å². The Bertz CT molecular complexity index is 585. The highest BCUT2D eigenvalue weighted by Gasteiger charge is 2.34. The van der Waals surface area contributed by atoms with Crippen molar-refractivity contribution in [1.82, 2.24) is 4.31 Å². The number of aliphatic hydroxyl groups is 1. The van der Waals surface area contributed by atoms with Crippen LogP contribution in [0.2, 0.25) is 0 Å². The van der Waals surface area contributed by atoms with E-state index in [1.807, 2.05) is 0 Å². The van der Waals surface area contributed by atoms with Gasteiger partial charge in [0.15, 0.2) is 0 Å². The van der Waals surface area contributed by atoms with Crippen molar-refractivity contribution in [2.45, 2.75) is 31.2 Å². The summed E-state index contributed by atoms with van der Waals surface area (Å²) in [6, 6.07) is 2.19. The fourth-order valence-corrected chi connectivity index (χ4v) is 3.26. The second kappa shape index (κ2) is 5.07. The summed E-state index contributed by atoms with van der Waals surface area (Å²) in [5.74, 6) is -0.652. The number of aliphatic hydroxyl groups excluding tert-OH is 1. The second-order valence-corrected chi connectivity index (χ2v) is 7.02. The third-order valence-electron chi connectivity index (χ3n) is 3.17. The number of hydrogen-bond acceptors (Lipinski definition) is 4. The molecule has 3 N–H and O–H groups in total. The largest absolute Gasteiger partial charge is 0.396 e. The molecule has 0 aliphatic heterocycles. The van der Waals surface area contributed by atoms with E-state index in [-0.39, 0.29) is 22.8 Å². The molecule has 0 amide bonds. The third kappa shape index (κ3) is 2.88. The molecule has 7 heteroatoms. The first-order chi connectivity index (χ1) is 8.54. The lowest BCUT2D eigenvalue weighted by molar-refractivity contribution is 0.138. The topological polar surface area (TPSA) is 83.6 Å². The third-order valence-corrected chi connectivity index (χ3v) is 5.38. The zero-order valence-electron chi connectivity index (χ0n) is 11.4. The summed E-state index contributed by atoms with van der Waals surface area (Å²) in [7, 11) is -2.49. The van der Waals surface area contributed by atoms with Crippen LogP contribution in [-0.2, 0) is 10.0 Å². The van der Waals surface area contributed by atoms with Crippen LogP contribution in [0.4, 0.5) is 10.1 Å². The highest BCUT2D eigenvalue weighted by Crippen LogP contribution is 2.27. The molecule has 5 nitrogen and oxygen atoms in total. The molecule has 0 fully saturated rings. The van der Waals surface area contributed by atoms with Crippen molar-refractivity contribution in [3.63, 3.8) is 0 Å². The lowest BCUT2D eigenvalue weighted by Gasteiger charge is -2.33. The molecule has 0 saturated carbocycles. The number of likely N-dealkylation sites (N-methyl/N-ethyl adjacent to an activating group) is 1. The van der Waals surface area contributed by atoms with Gasteiger partial charge in [0.05, 0.1) is 22.7 Å². The number of benzene rings is 1. The maximum absolute atomic E-state index is 13.3. The first-order valence-corrected chi connectivity index (χ1v) is 7.13. The minimum Gasteiger partial charge on any atom is -0.396 e. The molecule has 108 valence electrons. The minimum absolute atomic E-state index is 0.0598. The van der Waals surface area contributed by atoms with Gasteiger partial charge >= 0.3 is 0 Å². The number of sulfonamides is 1. The van der Waals surface area contributed by atoms with Crippen molar-refractivity contribution in [2.75, 3.05) is 19.4 Å². The van der Waals surface area contributed by atoms with E-state index >= 15 is 0 Å². The lowest BCUT2D eigenvalue weighted by Crippen LogP contribution is -2.47. The first kappa shape index (κ1) is 15.9. The number of rotatable bonds is 4. The van der Waals surface area contributed by atoms with Crippen molar-refractivity contribution in [3.05, 3.63) is 23.5 Å². The van der Waals surface area contributed by atoms with Gasteiger partial charge in [0, 0.05) is 7.05 Å². The lowest BCUT2D eigenvalue weighted by atomic mass is 10.1. The molecule has 0 saturated heterocycles. The van der Waals surface area contributed by atoms with Crippen LogP contribution in [0, 0.1) is 12.7 Å². The van der Waals surface area contributed by atoms with Crippen LogP contribution in [-0.4, -0.2) is 37.0 Å². The van der Waals surface area contributed by atoms with Crippen molar-refractivity contribution >= 4 is 15.7 Å². The number of anilines is 1. The van der Waals surface area contributed by atoms with Crippen molar-refractivity contribution in [1.29, 1.82) is 0 Å². The Hall–Kier alpha value is -1.18. The number of nitrogens with two attached hydrogens (primary N) is 1. The fraction of sp³-hybridized carbons (Fsp3) is 0.500. The Morgan fingerprint density at radius 3 is 2.42 bits per heavy atom. The van der Waals surface area contributed by atoms with Crippen LogP contribution in [0.5, 0.6) is 0 Å². The molecular weight excluding hydrogens is 271 g/mol. The Morgan fingerprint density at radius 2 is 1.95 bits per heavy atom. The number of hydrogen-bond donors (Lipinski definition) is 2. The fourth-order valence-electron chi connectivity index (χ4n) is 1.52. The van der Waals surface area contributed by atoms with Gasteiger partial charge in [-0.2, -0.15) is 4.31 Å². The summed E-state index contributed by atoms with van der Waals surface area (Å²) in [4.78, 5) is -0.0598. The predicted molar refractivity (Wildman–Crippen MR) is 71.7 cm³/mol. The van der Waals surface area contributed by atoms with E-state index in [2.05, 4.69) is 0 Å². The van der Waals surface area contributed by atoms with Gasteiger partial charge in [-0.1, -0.05) is 0 Å². The highest BCUT2D eigenvalue weighted by atomic mass is 32.2. The predicted octanol–water partition coefficient (Wildman–Crippen LogP) is 1.11. The zero-order chi connectivity index (χ0) is 15.0. The number of nitrogens with zero attached hydrogens (tertiary/aromatic N) is 1. The van der Waals surface area contributed by atoms with E-state index in [0.29, 0.717) is 0 Å². The van der Waals surface area contributed by atoms with Crippen molar-refractivity contribution in [3.8, 4) is 0 Å². The monoisotopic (exact) mass is 290 g/mol. The molecule has 0 aliphatic carbocycles. The molecule has 1 aromatic carbocycles. The molecule has 19 heavy (non-hydrogen) atoms. The van der Waals surface area contributed by atoms with Gasteiger partial charge in [-0.3, -0.25) is 0 Å². The summed E-state index contributed by atoms with van der Waals surface area (Å²) in [5.41, 5.74) is 4.50. The van der Waals surface area contributed by atoms with Crippen LogP contribution in [0.25, 0.3) is 0 Å². The molecule has 0 atom stereocenters. The molecule has 0 unspecified atom stereocenters. The van der Waals surface area contributed by atoms with Gasteiger partial charge < -0.3 is 10.8 Å². The van der Waals surface area contributed by atoms with Crippen LogP contribution in [0.3, 0.4) is 0 Å². The Kier molecular flexibility index (Phi) is 4.23. The van der Waals surface area contributed by atoms with Gasteiger partial charge in [-0.05, 0) is 38.5 Å². The summed E-state index contributed by atoms with van der Waals surface area (Å²) in [6.45, 7) is 4.34. The Balaban J connectivity index is 3.40. The molecule has 0 heterocycles. The summed E-state index contributed by atoms with van der Waals surface area (Å²) in [5, 5.41) is 9.25. The van der Waals surface area contributed by atoms with Crippen molar-refractivity contribution in [2.24, 2.45) is 0 Å². The van der Waals surface area contributed by atoms with Crippen LogP contribution < -0.4 is 5.73 Å². The average Bonchev–Trinajstić information content (AvgIpc) is 2.32. The van der Waals surface area contributed by atoms with Crippen molar-refractivity contribution < 1.29 is 17.9 Å². The Labute approximate surface area is 112 Å². The number of halogens is 1. The maximum Gasteiger partial charge on any atom is 0.243 e. The van der Waals surface area contributed by atoms with Crippen LogP contribution in [0.15, 0.2) is 17.0 Å². The standard InChI is InChI=1S/C12H19FN2O3S/c1-8-5-9(13)10(14)6-11(8)19(17,18)15(4)12(2,3)7-16/h5-6,16H,7,14H2,1-4H3. The molecule has 0 bridgehead atoms. The van der Waals surface area contributed by atoms with E-state index in [4.69, 9.17) is 5.73 Å². The highest BCUT2D eigenvalue weighted by molar-refractivity contribution is 7.89. The quantitative estimate of drug-likeness (QED) is 0.814. The normalized spacial score (nSPS) is 13.0. The smallest absolute Gasteiger partial charge is 0.243 e. The van der Waals surface area contributed by atoms with E-state index < -0.39 is 21.4 Å². The van der Waals surface area contributed by atoms with E-state index in [9.17, 15) is 17.9 Å². The van der Waals surface area contributed by atoms with Gasteiger partial charge in [0.1, 0.15) is 5.82 Å². The van der Waals surface area contributed by atoms with Gasteiger partial charge in [0.2, 0.25) is 10.0 Å². The van der Waals surface area contributed by atoms with Gasteiger partial charge in [-0.15, -0.1) is 0 Å². The first-order valence-electron chi connectivity index (χ1n) is 5.69. The van der Waals surface area contributed by atoms with E-state index in [1.165, 1.54) is 14.0 Å². The van der Waals surface area contributed by atoms with Crippen LogP contribution >= 0.6 is 0 Å². The van der Waals surface area contributed by atoms with E-state index in [1.54, 1.807) is 13.8 Å². The minimum atomic E-state index is -3.85. The second-order valence-electron chi connectivity index (χ2n) is 5.08. The summed E-state index contributed by atoms with van der Waals surface area (Å²) >= 11 is 0. The molecule has 0 spiro atoms. The molecule has 1 rings (SSSR count). The zero-order valence-corrected chi connectivity index (χ0v) is 12.3. The molecular formula is C12H19FN2O3S. The van der Waals surface area contributed by atoms with Crippen LogP contribution in [0.1, 0.15) is 19.4 Å². The SMILES string of the molecule is Cc1cc(F)c(N)cc1S(=O)(=O)N(C)C(C)(C)CO. The molecule has 1 aromatic rings. The molecule has 0 radical (unpaired) electrons. The number of aryl methyl sites for hydroxylation is 1.